The van der Waals surface area contributed by atoms with Crippen LogP contribution in [0.2, 0.25) is 0 Å². The summed E-state index contributed by atoms with van der Waals surface area (Å²) in [5.41, 5.74) is -0.211. The first-order valence-corrected chi connectivity index (χ1v) is 11.7. The van der Waals surface area contributed by atoms with Crippen LogP contribution in [0.15, 0.2) is 18.3 Å². The molecule has 4 atom stereocenters. The fraction of sp³-hybridized carbons (Fsp3) is 0.708. The van der Waals surface area contributed by atoms with Gasteiger partial charge in [-0.25, -0.2) is 9.78 Å². The van der Waals surface area contributed by atoms with Crippen LogP contribution in [-0.4, -0.2) is 52.5 Å². The smallest absolute Gasteiger partial charge is 0.329 e. The molecule has 1 saturated carbocycles. The average molecular weight is 462 g/mol. The quantitative estimate of drug-likeness (QED) is 0.360. The molecule has 1 aliphatic carbocycles. The van der Waals surface area contributed by atoms with E-state index in [1.807, 2.05) is 20.8 Å². The predicted octanol–water partition coefficient (Wildman–Crippen LogP) is 3.79. The van der Waals surface area contributed by atoms with Gasteiger partial charge < -0.3 is 14.4 Å². The molecule has 0 spiro atoms. The number of likely N-dealkylation sites (tertiary alicyclic amines) is 1. The number of amides is 1. The zero-order valence-corrected chi connectivity index (χ0v) is 20.2. The van der Waals surface area contributed by atoms with E-state index in [0.717, 1.165) is 19.3 Å². The molecule has 2 aliphatic rings. The molecule has 1 aromatic heterocycles. The van der Waals surface area contributed by atoms with Gasteiger partial charge in [-0.3, -0.25) is 14.9 Å². The molecule has 0 N–H and O–H groups in total. The first-order chi connectivity index (χ1) is 15.6. The first-order valence-electron chi connectivity index (χ1n) is 11.7. The Morgan fingerprint density at radius 2 is 1.91 bits per heavy atom. The van der Waals surface area contributed by atoms with Crippen LogP contribution in [0.5, 0.6) is 5.88 Å². The summed E-state index contributed by atoms with van der Waals surface area (Å²) in [6.45, 7) is 7.42. The van der Waals surface area contributed by atoms with Crippen molar-refractivity contribution < 1.29 is 24.0 Å². The monoisotopic (exact) mass is 461 g/mol. The average Bonchev–Trinajstić information content (AvgIpc) is 3.16. The molecule has 1 amide bonds. The van der Waals surface area contributed by atoms with Crippen LogP contribution in [0.3, 0.4) is 0 Å². The highest BCUT2D eigenvalue weighted by atomic mass is 16.6. The lowest BCUT2D eigenvalue weighted by atomic mass is 9.73. The summed E-state index contributed by atoms with van der Waals surface area (Å²) in [6, 6.07) is 0.0926. The molecular weight excluding hydrogens is 426 g/mol. The summed E-state index contributed by atoms with van der Waals surface area (Å²) in [6.07, 6.45) is 5.88. The number of hydrogen-bond donors (Lipinski definition) is 0. The summed E-state index contributed by atoms with van der Waals surface area (Å²) >= 11 is 0. The first kappa shape index (κ1) is 24.9. The van der Waals surface area contributed by atoms with Crippen LogP contribution in [0.4, 0.5) is 0 Å². The van der Waals surface area contributed by atoms with Gasteiger partial charge in [0.25, 0.3) is 0 Å². The van der Waals surface area contributed by atoms with E-state index in [1.165, 1.54) is 18.2 Å². The Bertz CT molecular complexity index is 877. The maximum absolute atomic E-state index is 14.0. The zero-order valence-electron chi connectivity index (χ0n) is 20.2. The standard InChI is InChI=1S/C24H35N3O6/c1-6-33-23(29)20-17(24(2,3)4)19(27(30)31)18(16-13-10-14-25-21(16)32-5)26(20)22(28)15-11-8-7-9-12-15/h10,13-15,17-20H,6-9,11-12H2,1-5H3/t17-,18-,19-,20-/m0/s1. The molecule has 0 bridgehead atoms. The number of rotatable bonds is 6. The van der Waals surface area contributed by atoms with Crippen LogP contribution < -0.4 is 4.74 Å². The number of aromatic nitrogens is 1. The normalized spacial score (nSPS) is 26.2. The Balaban J connectivity index is 2.25. The second-order valence-electron chi connectivity index (χ2n) is 9.99. The van der Waals surface area contributed by atoms with Gasteiger partial charge in [-0.1, -0.05) is 40.0 Å². The summed E-state index contributed by atoms with van der Waals surface area (Å²) in [5, 5.41) is 12.6. The molecule has 1 saturated heterocycles. The van der Waals surface area contributed by atoms with E-state index in [0.29, 0.717) is 18.4 Å². The number of pyridine rings is 1. The summed E-state index contributed by atoms with van der Waals surface area (Å²) in [7, 11) is 1.44. The molecule has 2 fully saturated rings. The number of esters is 1. The van der Waals surface area contributed by atoms with E-state index in [4.69, 9.17) is 9.47 Å². The molecule has 33 heavy (non-hydrogen) atoms. The van der Waals surface area contributed by atoms with Gasteiger partial charge in [0.15, 0.2) is 0 Å². The van der Waals surface area contributed by atoms with Crippen LogP contribution in [0, 0.1) is 27.4 Å². The van der Waals surface area contributed by atoms with Crippen LogP contribution >= 0.6 is 0 Å². The third-order valence-electron chi connectivity index (χ3n) is 6.92. The van der Waals surface area contributed by atoms with Crippen LogP contribution in [0.25, 0.3) is 0 Å². The molecule has 2 heterocycles. The van der Waals surface area contributed by atoms with Crippen molar-refractivity contribution in [1.29, 1.82) is 0 Å². The Labute approximate surface area is 195 Å². The van der Waals surface area contributed by atoms with E-state index in [2.05, 4.69) is 4.98 Å². The van der Waals surface area contributed by atoms with Crippen molar-refractivity contribution in [3.05, 3.63) is 34.0 Å². The highest BCUT2D eigenvalue weighted by Crippen LogP contribution is 2.51. The van der Waals surface area contributed by atoms with E-state index < -0.39 is 35.4 Å². The van der Waals surface area contributed by atoms with Gasteiger partial charge >= 0.3 is 5.97 Å². The van der Waals surface area contributed by atoms with E-state index in [1.54, 1.807) is 19.1 Å². The van der Waals surface area contributed by atoms with Crippen molar-refractivity contribution in [2.24, 2.45) is 17.3 Å². The van der Waals surface area contributed by atoms with Crippen molar-refractivity contribution in [2.45, 2.75) is 77.9 Å². The van der Waals surface area contributed by atoms with Gasteiger partial charge in [-0.05, 0) is 37.3 Å². The number of nitro groups is 1. The van der Waals surface area contributed by atoms with Crippen molar-refractivity contribution in [3.63, 3.8) is 0 Å². The number of hydrogen-bond acceptors (Lipinski definition) is 7. The second kappa shape index (κ2) is 10.1. The maximum Gasteiger partial charge on any atom is 0.329 e. The van der Waals surface area contributed by atoms with Gasteiger partial charge in [0.2, 0.25) is 17.8 Å². The number of carbonyl (C=O) groups excluding carboxylic acids is 2. The lowest BCUT2D eigenvalue weighted by Gasteiger charge is -2.35. The highest BCUT2D eigenvalue weighted by molar-refractivity contribution is 5.88. The van der Waals surface area contributed by atoms with Crippen molar-refractivity contribution in [2.75, 3.05) is 13.7 Å². The van der Waals surface area contributed by atoms with Gasteiger partial charge in [0, 0.05) is 22.6 Å². The molecule has 0 aromatic carbocycles. The molecule has 9 heteroatoms. The van der Waals surface area contributed by atoms with Crippen LogP contribution in [0.1, 0.15) is 71.4 Å². The van der Waals surface area contributed by atoms with Gasteiger partial charge in [-0.15, -0.1) is 0 Å². The maximum atomic E-state index is 14.0. The molecule has 1 aromatic rings. The Kier molecular flexibility index (Phi) is 7.59. The van der Waals surface area contributed by atoms with Crippen molar-refractivity contribution in [1.82, 2.24) is 9.88 Å². The minimum atomic E-state index is -1.22. The SMILES string of the molecule is CCOC(=O)[C@@H]1[C@@H](C(C)(C)C)[C@H]([N+](=O)[O-])[C@H](c2cccnc2OC)N1C(=O)C1CCCCC1. The van der Waals surface area contributed by atoms with Crippen molar-refractivity contribution >= 4 is 11.9 Å². The lowest BCUT2D eigenvalue weighted by molar-refractivity contribution is -0.536. The third kappa shape index (κ3) is 4.82. The largest absolute Gasteiger partial charge is 0.481 e. The topological polar surface area (TPSA) is 112 Å². The van der Waals surface area contributed by atoms with Gasteiger partial charge in [0.1, 0.15) is 12.1 Å². The Morgan fingerprint density at radius 1 is 1.24 bits per heavy atom. The summed E-state index contributed by atoms with van der Waals surface area (Å²) in [4.78, 5) is 45.2. The fourth-order valence-corrected chi connectivity index (χ4v) is 5.58. The molecule has 1 aliphatic heterocycles. The highest BCUT2D eigenvalue weighted by Gasteiger charge is 2.65. The zero-order chi connectivity index (χ0) is 24.3. The fourth-order valence-electron chi connectivity index (χ4n) is 5.58. The van der Waals surface area contributed by atoms with E-state index in [9.17, 15) is 19.7 Å². The lowest BCUT2D eigenvalue weighted by Crippen LogP contribution is -2.50. The summed E-state index contributed by atoms with van der Waals surface area (Å²) in [5.74, 6) is -1.63. The predicted molar refractivity (Wildman–Crippen MR) is 121 cm³/mol. The van der Waals surface area contributed by atoms with Crippen LogP contribution in [-0.2, 0) is 14.3 Å². The second-order valence-corrected chi connectivity index (χ2v) is 9.99. The van der Waals surface area contributed by atoms with Gasteiger partial charge in [0.05, 0.1) is 19.6 Å². The molecule has 9 nitrogen and oxygen atoms in total. The molecular formula is C24H35N3O6. The molecule has 182 valence electrons. The third-order valence-corrected chi connectivity index (χ3v) is 6.92. The van der Waals surface area contributed by atoms with Gasteiger partial charge in [-0.2, -0.15) is 0 Å². The minimum Gasteiger partial charge on any atom is -0.481 e. The van der Waals surface area contributed by atoms with E-state index >= 15 is 0 Å². The molecule has 0 unspecified atom stereocenters. The minimum absolute atomic E-state index is 0.127. The summed E-state index contributed by atoms with van der Waals surface area (Å²) < 4.78 is 10.8. The number of nitrogens with zero attached hydrogens (tertiary/aromatic N) is 3. The number of carbonyl (C=O) groups is 2. The van der Waals surface area contributed by atoms with E-state index in [-0.39, 0.29) is 29.2 Å². The Morgan fingerprint density at radius 3 is 2.45 bits per heavy atom. The van der Waals surface area contributed by atoms with Crippen molar-refractivity contribution in [3.8, 4) is 5.88 Å². The molecule has 0 radical (unpaired) electrons. The number of ether oxygens (including phenoxy) is 2. The number of methoxy groups -OCH3 is 1. The Hall–Kier alpha value is -2.71. The molecule has 3 rings (SSSR count).